The molecule has 0 saturated heterocycles. The summed E-state index contributed by atoms with van der Waals surface area (Å²) in [6, 6.07) is 12.9. The maximum atomic E-state index is 12.9. The lowest BCUT2D eigenvalue weighted by Crippen LogP contribution is -2.29. The van der Waals surface area contributed by atoms with Crippen molar-refractivity contribution in [3.05, 3.63) is 65.5 Å². The van der Waals surface area contributed by atoms with Crippen LogP contribution >= 0.6 is 0 Å². The minimum Gasteiger partial charge on any atom is -0.355 e. The second kappa shape index (κ2) is 8.21. The van der Waals surface area contributed by atoms with Crippen molar-refractivity contribution >= 4 is 17.5 Å². The van der Waals surface area contributed by atoms with E-state index in [-0.39, 0.29) is 24.2 Å². The molecule has 0 bridgehead atoms. The summed E-state index contributed by atoms with van der Waals surface area (Å²) in [6.45, 7) is 0.748. The number of likely N-dealkylation sites (N-methyl/N-ethyl adjacent to an activating group) is 1. The molecule has 0 fully saturated rings. The van der Waals surface area contributed by atoms with Gasteiger partial charge in [0.1, 0.15) is 5.82 Å². The van der Waals surface area contributed by atoms with Crippen LogP contribution in [0.1, 0.15) is 15.9 Å². The van der Waals surface area contributed by atoms with Crippen LogP contribution < -0.4 is 10.6 Å². The second-order valence-corrected chi connectivity index (χ2v) is 5.50. The minimum absolute atomic E-state index is 0.160. The molecule has 5 nitrogen and oxygen atoms in total. The maximum absolute atomic E-state index is 12.9. The lowest BCUT2D eigenvalue weighted by atomic mass is 10.2. The van der Waals surface area contributed by atoms with Gasteiger partial charge in [-0.15, -0.1) is 0 Å². The highest BCUT2D eigenvalue weighted by atomic mass is 19.1. The largest absolute Gasteiger partial charge is 0.355 e. The predicted octanol–water partition coefficient (Wildman–Crippen LogP) is 2.26. The summed E-state index contributed by atoms with van der Waals surface area (Å²) >= 11 is 0. The zero-order valence-corrected chi connectivity index (χ0v) is 13.7. The molecule has 0 heterocycles. The van der Waals surface area contributed by atoms with Crippen LogP contribution in [0.15, 0.2) is 48.5 Å². The zero-order valence-electron chi connectivity index (χ0n) is 13.7. The summed E-state index contributed by atoms with van der Waals surface area (Å²) < 4.78 is 12.9. The summed E-state index contributed by atoms with van der Waals surface area (Å²) in [4.78, 5) is 25.3. The molecule has 0 spiro atoms. The van der Waals surface area contributed by atoms with E-state index >= 15 is 0 Å². The van der Waals surface area contributed by atoms with Gasteiger partial charge in [-0.3, -0.25) is 14.5 Å². The highest BCUT2D eigenvalue weighted by Crippen LogP contribution is 2.10. The molecule has 0 saturated carbocycles. The quantitative estimate of drug-likeness (QED) is 0.854. The Balaban J connectivity index is 1.85. The van der Waals surface area contributed by atoms with Gasteiger partial charge < -0.3 is 10.6 Å². The van der Waals surface area contributed by atoms with Gasteiger partial charge in [-0.25, -0.2) is 4.39 Å². The highest BCUT2D eigenvalue weighted by molar-refractivity contribution is 5.96. The summed E-state index contributed by atoms with van der Waals surface area (Å²) in [7, 11) is 3.38. The molecule has 2 rings (SSSR count). The third kappa shape index (κ3) is 5.17. The van der Waals surface area contributed by atoms with Gasteiger partial charge >= 0.3 is 0 Å². The summed E-state index contributed by atoms with van der Waals surface area (Å²) in [6.07, 6.45) is 0. The zero-order chi connectivity index (χ0) is 17.5. The number of nitrogens with one attached hydrogen (secondary N) is 2. The number of hydrogen-bond donors (Lipinski definition) is 2. The van der Waals surface area contributed by atoms with E-state index in [0.29, 0.717) is 17.8 Å². The molecule has 0 aliphatic rings. The number of halogens is 1. The van der Waals surface area contributed by atoms with Gasteiger partial charge in [0.25, 0.3) is 5.91 Å². The van der Waals surface area contributed by atoms with Crippen LogP contribution in [0, 0.1) is 5.82 Å². The van der Waals surface area contributed by atoms with Crippen LogP contribution in [0.4, 0.5) is 10.1 Å². The van der Waals surface area contributed by atoms with Gasteiger partial charge in [0, 0.05) is 24.8 Å². The van der Waals surface area contributed by atoms with E-state index in [9.17, 15) is 14.0 Å². The normalized spacial score (nSPS) is 10.5. The third-order valence-corrected chi connectivity index (χ3v) is 3.44. The molecule has 0 atom stereocenters. The van der Waals surface area contributed by atoms with Gasteiger partial charge in [-0.05, 0) is 49.0 Å². The Morgan fingerprint density at radius 1 is 1.04 bits per heavy atom. The Morgan fingerprint density at radius 2 is 1.67 bits per heavy atom. The number of amides is 2. The Bertz CT molecular complexity index is 699. The average Bonchev–Trinajstić information content (AvgIpc) is 2.56. The number of carbonyl (C=O) groups is 2. The number of nitrogens with zero attached hydrogens (tertiary/aromatic N) is 1. The molecule has 0 unspecified atom stereocenters. The van der Waals surface area contributed by atoms with Crippen molar-refractivity contribution in [2.75, 3.05) is 26.0 Å². The smallest absolute Gasteiger partial charge is 0.251 e. The fraction of sp³-hybridized carbons (Fsp3) is 0.222. The van der Waals surface area contributed by atoms with Gasteiger partial charge in [0.05, 0.1) is 6.54 Å². The van der Waals surface area contributed by atoms with Crippen LogP contribution in [0.2, 0.25) is 0 Å². The molecule has 0 radical (unpaired) electrons. The number of hydrogen-bond acceptors (Lipinski definition) is 3. The first kappa shape index (κ1) is 17.6. The molecule has 2 amide bonds. The molecule has 126 valence electrons. The van der Waals surface area contributed by atoms with E-state index < -0.39 is 0 Å². The monoisotopic (exact) mass is 329 g/mol. The third-order valence-electron chi connectivity index (χ3n) is 3.44. The van der Waals surface area contributed by atoms with Crippen molar-refractivity contribution < 1.29 is 14.0 Å². The molecule has 0 aliphatic carbocycles. The van der Waals surface area contributed by atoms with Crippen molar-refractivity contribution in [2.24, 2.45) is 0 Å². The lowest BCUT2D eigenvalue weighted by Gasteiger charge is -2.16. The van der Waals surface area contributed by atoms with E-state index in [4.69, 9.17) is 0 Å². The SMILES string of the molecule is CNC(=O)c1ccc(NC(=O)CN(C)Cc2ccc(F)cc2)cc1. The molecule has 0 aliphatic heterocycles. The van der Waals surface area contributed by atoms with Crippen LogP contribution in [0.5, 0.6) is 0 Å². The molecule has 2 aromatic carbocycles. The van der Waals surface area contributed by atoms with Gasteiger partial charge in [-0.1, -0.05) is 12.1 Å². The fourth-order valence-corrected chi connectivity index (χ4v) is 2.25. The first-order valence-corrected chi connectivity index (χ1v) is 7.53. The first-order valence-electron chi connectivity index (χ1n) is 7.53. The van der Waals surface area contributed by atoms with Crippen molar-refractivity contribution in [3.8, 4) is 0 Å². The number of benzene rings is 2. The van der Waals surface area contributed by atoms with E-state index in [1.54, 1.807) is 43.4 Å². The van der Waals surface area contributed by atoms with Crippen molar-refractivity contribution in [1.82, 2.24) is 10.2 Å². The predicted molar refractivity (Wildman–Crippen MR) is 91.2 cm³/mol. The van der Waals surface area contributed by atoms with Crippen LogP contribution in [-0.4, -0.2) is 37.4 Å². The van der Waals surface area contributed by atoms with E-state index in [0.717, 1.165) is 5.56 Å². The summed E-state index contributed by atoms with van der Waals surface area (Å²) in [5, 5.41) is 5.32. The van der Waals surface area contributed by atoms with E-state index in [1.165, 1.54) is 12.1 Å². The van der Waals surface area contributed by atoms with Crippen molar-refractivity contribution in [2.45, 2.75) is 6.54 Å². The van der Waals surface area contributed by atoms with Crippen LogP contribution in [0.25, 0.3) is 0 Å². The van der Waals surface area contributed by atoms with Gasteiger partial charge in [0.2, 0.25) is 5.91 Å². The number of carbonyl (C=O) groups excluding carboxylic acids is 2. The van der Waals surface area contributed by atoms with Gasteiger partial charge in [0.15, 0.2) is 0 Å². The standard InChI is InChI=1S/C18H20FN3O2/c1-20-18(24)14-5-9-16(10-6-14)21-17(23)12-22(2)11-13-3-7-15(19)8-4-13/h3-10H,11-12H2,1-2H3,(H,20,24)(H,21,23). The Kier molecular flexibility index (Phi) is 6.03. The van der Waals surface area contributed by atoms with Crippen molar-refractivity contribution in [3.63, 3.8) is 0 Å². The Morgan fingerprint density at radius 3 is 2.25 bits per heavy atom. The van der Waals surface area contributed by atoms with Crippen molar-refractivity contribution in [1.29, 1.82) is 0 Å². The Labute approximate surface area is 140 Å². The topological polar surface area (TPSA) is 61.4 Å². The Hall–Kier alpha value is -2.73. The minimum atomic E-state index is -0.278. The maximum Gasteiger partial charge on any atom is 0.251 e. The highest BCUT2D eigenvalue weighted by Gasteiger charge is 2.09. The molecular formula is C18H20FN3O2. The number of anilines is 1. The second-order valence-electron chi connectivity index (χ2n) is 5.50. The molecule has 2 N–H and O–H groups in total. The molecular weight excluding hydrogens is 309 g/mol. The van der Waals surface area contributed by atoms with Gasteiger partial charge in [-0.2, -0.15) is 0 Å². The fourth-order valence-electron chi connectivity index (χ4n) is 2.25. The lowest BCUT2D eigenvalue weighted by molar-refractivity contribution is -0.117. The average molecular weight is 329 g/mol. The summed E-state index contributed by atoms with van der Waals surface area (Å²) in [5.74, 6) is -0.612. The molecule has 24 heavy (non-hydrogen) atoms. The summed E-state index contributed by atoms with van der Waals surface area (Å²) in [5.41, 5.74) is 2.09. The van der Waals surface area contributed by atoms with E-state index in [1.807, 2.05) is 11.9 Å². The molecule has 2 aromatic rings. The van der Waals surface area contributed by atoms with Crippen LogP contribution in [0.3, 0.4) is 0 Å². The first-order chi connectivity index (χ1) is 11.5. The van der Waals surface area contributed by atoms with Crippen LogP contribution in [-0.2, 0) is 11.3 Å². The number of rotatable bonds is 6. The molecule has 0 aromatic heterocycles. The molecule has 6 heteroatoms. The van der Waals surface area contributed by atoms with E-state index in [2.05, 4.69) is 10.6 Å².